The number of oxazole rings is 1. The smallest absolute Gasteiger partial charge is 0.408 e. The van der Waals surface area contributed by atoms with Crippen LogP contribution in [0.5, 0.6) is 0 Å². The van der Waals surface area contributed by atoms with Gasteiger partial charge in [-0.25, -0.2) is 4.79 Å². The molecule has 0 radical (unpaired) electrons. The fourth-order valence-electron chi connectivity index (χ4n) is 3.32. The van der Waals surface area contributed by atoms with Crippen molar-refractivity contribution in [1.82, 2.24) is 19.7 Å². The lowest BCUT2D eigenvalue weighted by molar-refractivity contribution is -0.133. The van der Waals surface area contributed by atoms with Gasteiger partial charge in [-0.2, -0.15) is 0 Å². The maximum absolute atomic E-state index is 12.5. The predicted octanol–water partition coefficient (Wildman–Crippen LogP) is 0.653. The SMILES string of the molecule is CC(C)NC(=O)CN1CCN(C(=O)CCn2c(=O)oc3ccccc32)CC1. The highest BCUT2D eigenvalue weighted by Crippen LogP contribution is 2.12. The van der Waals surface area contributed by atoms with Crippen molar-refractivity contribution in [3.05, 3.63) is 34.8 Å². The topological polar surface area (TPSA) is 87.8 Å². The summed E-state index contributed by atoms with van der Waals surface area (Å²) in [6.07, 6.45) is 0.247. The molecular weight excluding hydrogens is 348 g/mol. The Labute approximate surface area is 157 Å². The second-order valence-corrected chi connectivity index (χ2v) is 7.12. The summed E-state index contributed by atoms with van der Waals surface area (Å²) >= 11 is 0. The molecule has 0 saturated carbocycles. The van der Waals surface area contributed by atoms with Gasteiger partial charge < -0.3 is 14.6 Å². The monoisotopic (exact) mass is 374 g/mol. The van der Waals surface area contributed by atoms with Gasteiger partial charge in [-0.1, -0.05) is 12.1 Å². The number of piperazine rings is 1. The fraction of sp³-hybridized carbons (Fsp3) is 0.526. The highest BCUT2D eigenvalue weighted by atomic mass is 16.4. The lowest BCUT2D eigenvalue weighted by atomic mass is 10.2. The lowest BCUT2D eigenvalue weighted by Gasteiger charge is -2.34. The molecule has 1 aromatic carbocycles. The third-order valence-electron chi connectivity index (χ3n) is 4.66. The van der Waals surface area contributed by atoms with E-state index in [1.807, 2.05) is 32.0 Å². The number of aromatic nitrogens is 1. The molecule has 1 saturated heterocycles. The number of nitrogens with one attached hydrogen (secondary N) is 1. The molecule has 1 fully saturated rings. The number of amides is 2. The van der Waals surface area contributed by atoms with E-state index in [0.717, 1.165) is 0 Å². The first-order chi connectivity index (χ1) is 12.9. The van der Waals surface area contributed by atoms with E-state index >= 15 is 0 Å². The number of carbonyl (C=O) groups is 2. The minimum Gasteiger partial charge on any atom is -0.408 e. The quantitative estimate of drug-likeness (QED) is 0.802. The van der Waals surface area contributed by atoms with E-state index in [1.54, 1.807) is 11.0 Å². The Bertz CT molecular complexity index is 862. The fourth-order valence-corrected chi connectivity index (χ4v) is 3.32. The van der Waals surface area contributed by atoms with Crippen LogP contribution in [-0.4, -0.2) is 64.9 Å². The number of hydrogen-bond donors (Lipinski definition) is 1. The van der Waals surface area contributed by atoms with E-state index in [-0.39, 0.29) is 24.3 Å². The Hall–Kier alpha value is -2.61. The van der Waals surface area contributed by atoms with Gasteiger partial charge in [0.05, 0.1) is 12.1 Å². The van der Waals surface area contributed by atoms with Crippen molar-refractivity contribution in [3.63, 3.8) is 0 Å². The van der Waals surface area contributed by atoms with Crippen LogP contribution in [0.2, 0.25) is 0 Å². The van der Waals surface area contributed by atoms with Gasteiger partial charge in [0.25, 0.3) is 0 Å². The second kappa shape index (κ2) is 8.39. The highest BCUT2D eigenvalue weighted by molar-refractivity contribution is 5.79. The minimum absolute atomic E-state index is 0.0102. The first-order valence-corrected chi connectivity index (χ1v) is 9.32. The Morgan fingerprint density at radius 1 is 1.15 bits per heavy atom. The summed E-state index contributed by atoms with van der Waals surface area (Å²) in [5.41, 5.74) is 1.24. The molecule has 2 amide bonds. The third kappa shape index (κ3) is 4.77. The van der Waals surface area contributed by atoms with Crippen LogP contribution in [0.1, 0.15) is 20.3 Å². The molecule has 2 heterocycles. The first kappa shape index (κ1) is 19.2. The molecule has 146 valence electrons. The van der Waals surface area contributed by atoms with Gasteiger partial charge in [0.1, 0.15) is 0 Å². The maximum atomic E-state index is 12.5. The normalized spacial score (nSPS) is 15.4. The Morgan fingerprint density at radius 3 is 2.56 bits per heavy atom. The molecule has 1 aliphatic heterocycles. The summed E-state index contributed by atoms with van der Waals surface area (Å²) in [6, 6.07) is 7.32. The van der Waals surface area contributed by atoms with E-state index in [0.29, 0.717) is 50.4 Å². The van der Waals surface area contributed by atoms with Crippen LogP contribution in [0.3, 0.4) is 0 Å². The summed E-state index contributed by atoms with van der Waals surface area (Å²) < 4.78 is 6.69. The van der Waals surface area contributed by atoms with Crippen LogP contribution in [0.4, 0.5) is 0 Å². The minimum atomic E-state index is -0.440. The molecular formula is C19H26N4O4. The summed E-state index contributed by atoms with van der Waals surface area (Å²) in [6.45, 7) is 7.05. The van der Waals surface area contributed by atoms with E-state index in [9.17, 15) is 14.4 Å². The zero-order valence-corrected chi connectivity index (χ0v) is 15.8. The van der Waals surface area contributed by atoms with Crippen LogP contribution in [0, 0.1) is 0 Å². The Kier molecular flexibility index (Phi) is 5.95. The number of para-hydroxylation sites is 2. The van der Waals surface area contributed by atoms with Crippen LogP contribution >= 0.6 is 0 Å². The van der Waals surface area contributed by atoms with Crippen molar-refractivity contribution >= 4 is 22.9 Å². The largest absolute Gasteiger partial charge is 0.419 e. The molecule has 0 aliphatic carbocycles. The van der Waals surface area contributed by atoms with Crippen molar-refractivity contribution in [1.29, 1.82) is 0 Å². The highest BCUT2D eigenvalue weighted by Gasteiger charge is 2.22. The van der Waals surface area contributed by atoms with Gasteiger partial charge in [-0.15, -0.1) is 0 Å². The first-order valence-electron chi connectivity index (χ1n) is 9.32. The van der Waals surface area contributed by atoms with Crippen molar-refractivity contribution in [2.75, 3.05) is 32.7 Å². The molecule has 2 aromatic rings. The van der Waals surface area contributed by atoms with E-state index < -0.39 is 5.76 Å². The molecule has 1 N–H and O–H groups in total. The average molecular weight is 374 g/mol. The number of hydrogen-bond acceptors (Lipinski definition) is 5. The molecule has 0 unspecified atom stereocenters. The number of rotatable bonds is 6. The van der Waals surface area contributed by atoms with Crippen LogP contribution in [0.25, 0.3) is 11.1 Å². The predicted molar refractivity (Wildman–Crippen MR) is 101 cm³/mol. The zero-order chi connectivity index (χ0) is 19.4. The number of fused-ring (bicyclic) bond motifs is 1. The van der Waals surface area contributed by atoms with Crippen LogP contribution in [-0.2, 0) is 16.1 Å². The van der Waals surface area contributed by atoms with Crippen molar-refractivity contribution in [3.8, 4) is 0 Å². The van der Waals surface area contributed by atoms with E-state index in [1.165, 1.54) is 4.57 Å². The summed E-state index contributed by atoms with van der Waals surface area (Å²) in [4.78, 5) is 40.2. The van der Waals surface area contributed by atoms with Gasteiger partial charge in [-0.05, 0) is 26.0 Å². The maximum Gasteiger partial charge on any atom is 0.419 e. The Morgan fingerprint density at radius 2 is 1.85 bits per heavy atom. The number of benzene rings is 1. The van der Waals surface area contributed by atoms with Gasteiger partial charge in [-0.3, -0.25) is 19.1 Å². The van der Waals surface area contributed by atoms with E-state index in [4.69, 9.17) is 4.42 Å². The Balaban J connectivity index is 1.49. The summed E-state index contributed by atoms with van der Waals surface area (Å²) in [5, 5.41) is 2.88. The molecule has 1 aliphatic rings. The number of carbonyl (C=O) groups excluding carboxylic acids is 2. The van der Waals surface area contributed by atoms with Gasteiger partial charge >= 0.3 is 5.76 Å². The molecule has 8 heteroatoms. The van der Waals surface area contributed by atoms with Crippen molar-refractivity contribution in [2.45, 2.75) is 32.9 Å². The van der Waals surface area contributed by atoms with Crippen molar-refractivity contribution in [2.24, 2.45) is 0 Å². The van der Waals surface area contributed by atoms with Gasteiger partial charge in [0.15, 0.2) is 5.58 Å². The second-order valence-electron chi connectivity index (χ2n) is 7.12. The van der Waals surface area contributed by atoms with Crippen LogP contribution < -0.4 is 11.1 Å². The third-order valence-corrected chi connectivity index (χ3v) is 4.66. The standard InChI is InChI=1S/C19H26N4O4/c1-14(2)20-17(24)13-21-9-11-22(12-10-21)18(25)7-8-23-15-5-3-4-6-16(15)27-19(23)26/h3-6,14H,7-13H2,1-2H3,(H,20,24). The lowest BCUT2D eigenvalue weighted by Crippen LogP contribution is -2.51. The average Bonchev–Trinajstić information content (AvgIpc) is 2.94. The molecule has 0 bridgehead atoms. The molecule has 8 nitrogen and oxygen atoms in total. The molecule has 27 heavy (non-hydrogen) atoms. The summed E-state index contributed by atoms with van der Waals surface area (Å²) in [5.74, 6) is -0.417. The molecule has 3 rings (SSSR count). The summed E-state index contributed by atoms with van der Waals surface area (Å²) in [7, 11) is 0. The molecule has 0 atom stereocenters. The molecule has 1 aromatic heterocycles. The number of aryl methyl sites for hydroxylation is 1. The molecule has 0 spiro atoms. The van der Waals surface area contributed by atoms with Crippen molar-refractivity contribution < 1.29 is 14.0 Å². The van der Waals surface area contributed by atoms with Gasteiger partial charge in [0, 0.05) is 45.2 Å². The van der Waals surface area contributed by atoms with E-state index in [2.05, 4.69) is 10.2 Å². The number of nitrogens with zero attached hydrogens (tertiary/aromatic N) is 3. The zero-order valence-electron chi connectivity index (χ0n) is 15.8. The van der Waals surface area contributed by atoms with Crippen LogP contribution in [0.15, 0.2) is 33.5 Å². The van der Waals surface area contributed by atoms with Gasteiger partial charge in [0.2, 0.25) is 11.8 Å².